The lowest BCUT2D eigenvalue weighted by Crippen LogP contribution is -2.25. The van der Waals surface area contributed by atoms with Gasteiger partial charge in [0.1, 0.15) is 0 Å². The summed E-state index contributed by atoms with van der Waals surface area (Å²) in [5.41, 5.74) is 0.226. The summed E-state index contributed by atoms with van der Waals surface area (Å²) in [5.74, 6) is 6.03. The molecule has 0 aliphatic heterocycles. The molecule has 0 amide bonds. The van der Waals surface area contributed by atoms with Crippen LogP contribution < -0.4 is 4.74 Å². The molecule has 2 aliphatic rings. The number of hydrogen-bond acceptors (Lipinski definition) is 1. The van der Waals surface area contributed by atoms with Crippen molar-refractivity contribution in [2.24, 2.45) is 23.7 Å². The molecule has 0 spiro atoms. The molecule has 0 aromatic heterocycles. The number of halogens is 4. The fourth-order valence-electron chi connectivity index (χ4n) is 4.91. The van der Waals surface area contributed by atoms with Gasteiger partial charge in [0.05, 0.1) is 6.26 Å². The number of allylic oxidation sites excluding steroid dienone is 3. The van der Waals surface area contributed by atoms with Crippen LogP contribution in [0.2, 0.25) is 0 Å². The maximum atomic E-state index is 14.1. The smallest absolute Gasteiger partial charge is 0.260 e. The van der Waals surface area contributed by atoms with Crippen molar-refractivity contribution in [3.63, 3.8) is 0 Å². The van der Waals surface area contributed by atoms with Gasteiger partial charge in [0.25, 0.3) is 6.43 Å². The number of hydrogen-bond donors (Lipinski definition) is 0. The summed E-state index contributed by atoms with van der Waals surface area (Å²) in [5, 5.41) is 0. The van der Waals surface area contributed by atoms with Gasteiger partial charge >= 0.3 is 0 Å². The second-order valence-electron chi connectivity index (χ2n) is 8.63. The van der Waals surface area contributed by atoms with Crippen molar-refractivity contribution in [2.45, 2.75) is 64.7 Å². The summed E-state index contributed by atoms with van der Waals surface area (Å²) in [6.45, 7) is 2.09. The Morgan fingerprint density at radius 1 is 0.935 bits per heavy atom. The van der Waals surface area contributed by atoms with Crippen LogP contribution in [-0.4, -0.2) is 6.43 Å². The Morgan fingerprint density at radius 3 is 2.06 bits per heavy atom. The Morgan fingerprint density at radius 2 is 1.52 bits per heavy atom. The summed E-state index contributed by atoms with van der Waals surface area (Å²) < 4.78 is 57.0. The van der Waals surface area contributed by atoms with Gasteiger partial charge in [-0.05, 0) is 88.2 Å². The minimum atomic E-state index is -2.75. The highest BCUT2D eigenvalue weighted by molar-refractivity contribution is 5.41. The molecule has 0 unspecified atom stereocenters. The van der Waals surface area contributed by atoms with E-state index >= 15 is 0 Å². The largest absolute Gasteiger partial charge is 0.459 e. The van der Waals surface area contributed by atoms with Crippen molar-refractivity contribution < 1.29 is 22.3 Å². The molecule has 0 radical (unpaired) electrons. The van der Waals surface area contributed by atoms with E-state index in [1.54, 1.807) is 0 Å². The van der Waals surface area contributed by atoms with Crippen molar-refractivity contribution in [3.8, 4) is 17.6 Å². The zero-order valence-corrected chi connectivity index (χ0v) is 17.9. The Hall–Kier alpha value is -2.22. The molecule has 2 aliphatic carbocycles. The summed E-state index contributed by atoms with van der Waals surface area (Å²) in [6, 6.07) is 2.16. The first-order chi connectivity index (χ1) is 15.0. The topological polar surface area (TPSA) is 9.23 Å². The fraction of sp³-hybridized carbons (Fsp3) is 0.538. The van der Waals surface area contributed by atoms with Crippen LogP contribution in [0.4, 0.5) is 17.6 Å². The zero-order valence-electron chi connectivity index (χ0n) is 17.9. The van der Waals surface area contributed by atoms with E-state index in [4.69, 9.17) is 0 Å². The van der Waals surface area contributed by atoms with Crippen molar-refractivity contribution in [1.29, 1.82) is 0 Å². The first-order valence-electron chi connectivity index (χ1n) is 11.2. The van der Waals surface area contributed by atoms with Crippen LogP contribution in [0.5, 0.6) is 5.75 Å². The van der Waals surface area contributed by atoms with Crippen LogP contribution in [0.3, 0.4) is 0 Å². The quantitative estimate of drug-likeness (QED) is 0.200. The molecule has 0 atom stereocenters. The highest BCUT2D eigenvalue weighted by Gasteiger charge is 2.29. The molecule has 0 saturated heterocycles. The van der Waals surface area contributed by atoms with E-state index in [1.165, 1.54) is 38.5 Å². The van der Waals surface area contributed by atoms with Gasteiger partial charge in [-0.1, -0.05) is 24.0 Å². The van der Waals surface area contributed by atoms with Crippen molar-refractivity contribution in [3.05, 3.63) is 53.8 Å². The maximum absolute atomic E-state index is 14.1. The van der Waals surface area contributed by atoms with Gasteiger partial charge in [-0.3, -0.25) is 0 Å². The van der Waals surface area contributed by atoms with Crippen molar-refractivity contribution in [1.82, 2.24) is 0 Å². The van der Waals surface area contributed by atoms with E-state index in [0.29, 0.717) is 12.3 Å². The van der Waals surface area contributed by atoms with Crippen LogP contribution >= 0.6 is 0 Å². The van der Waals surface area contributed by atoms with E-state index in [1.807, 2.05) is 0 Å². The van der Waals surface area contributed by atoms with E-state index in [-0.39, 0.29) is 11.5 Å². The molecule has 168 valence electrons. The van der Waals surface area contributed by atoms with Gasteiger partial charge in [0, 0.05) is 17.6 Å². The SMILES string of the molecule is C/C=C/C1CCC(C2CCC(C#Cc3cc(F)c(O/C=C/C(F)F)c(F)c3)CC2)CC1. The molecule has 3 rings (SSSR count). The molecular formula is C26H30F4O. The summed E-state index contributed by atoms with van der Waals surface area (Å²) in [6.07, 6.45) is 12.4. The molecule has 0 heterocycles. The normalized spacial score (nSPS) is 26.9. The van der Waals surface area contributed by atoms with Gasteiger partial charge in [0.15, 0.2) is 17.4 Å². The van der Waals surface area contributed by atoms with E-state index in [0.717, 1.165) is 42.7 Å². The standard InChI is InChI=1S/C26H30F4O/c1-2-3-18-6-10-21(11-7-18)22-12-8-19(9-13-22)4-5-20-16-23(27)26(24(28)17-20)31-15-14-25(29)30/h2-3,14-19,21-22,25H,6-13H2,1H3/b3-2+,15-14+. The summed E-state index contributed by atoms with van der Waals surface area (Å²) >= 11 is 0. The first-order valence-corrected chi connectivity index (χ1v) is 11.2. The predicted octanol–water partition coefficient (Wildman–Crippen LogP) is 7.66. The maximum Gasteiger partial charge on any atom is 0.260 e. The lowest BCUT2D eigenvalue weighted by atomic mass is 9.69. The minimum absolute atomic E-state index is 0.226. The third-order valence-electron chi connectivity index (χ3n) is 6.55. The van der Waals surface area contributed by atoms with E-state index < -0.39 is 23.8 Å². The summed E-state index contributed by atoms with van der Waals surface area (Å²) in [7, 11) is 0. The second kappa shape index (κ2) is 11.4. The molecular weight excluding hydrogens is 404 g/mol. The van der Waals surface area contributed by atoms with Gasteiger partial charge in [0.2, 0.25) is 0 Å². The average molecular weight is 435 g/mol. The lowest BCUT2D eigenvalue weighted by molar-refractivity contribution is 0.168. The van der Waals surface area contributed by atoms with Crippen LogP contribution in [0.25, 0.3) is 0 Å². The molecule has 1 aromatic carbocycles. The lowest BCUT2D eigenvalue weighted by Gasteiger charge is -2.36. The monoisotopic (exact) mass is 434 g/mol. The van der Waals surface area contributed by atoms with Crippen molar-refractivity contribution in [2.75, 3.05) is 0 Å². The molecule has 1 aromatic rings. The van der Waals surface area contributed by atoms with Gasteiger partial charge in [-0.25, -0.2) is 17.6 Å². The van der Waals surface area contributed by atoms with Crippen LogP contribution in [0.15, 0.2) is 36.6 Å². The van der Waals surface area contributed by atoms with Gasteiger partial charge in [-0.15, -0.1) is 0 Å². The van der Waals surface area contributed by atoms with Crippen molar-refractivity contribution >= 4 is 0 Å². The number of benzene rings is 1. The zero-order chi connectivity index (χ0) is 22.2. The minimum Gasteiger partial charge on any atom is -0.459 e. The highest BCUT2D eigenvalue weighted by Crippen LogP contribution is 2.41. The fourth-order valence-corrected chi connectivity index (χ4v) is 4.91. The van der Waals surface area contributed by atoms with Crippen LogP contribution in [0.1, 0.15) is 63.9 Å². The third kappa shape index (κ3) is 6.89. The molecule has 5 heteroatoms. The number of alkyl halides is 2. The van der Waals surface area contributed by atoms with Crippen LogP contribution in [0, 0.1) is 47.1 Å². The van der Waals surface area contributed by atoms with Gasteiger partial charge < -0.3 is 4.74 Å². The second-order valence-corrected chi connectivity index (χ2v) is 8.63. The Bertz CT molecular complexity index is 810. The van der Waals surface area contributed by atoms with E-state index in [9.17, 15) is 17.6 Å². The Kier molecular flexibility index (Phi) is 8.63. The molecule has 31 heavy (non-hydrogen) atoms. The van der Waals surface area contributed by atoms with E-state index in [2.05, 4.69) is 35.7 Å². The van der Waals surface area contributed by atoms with Crippen LogP contribution in [-0.2, 0) is 0 Å². The van der Waals surface area contributed by atoms with Gasteiger partial charge in [-0.2, -0.15) is 0 Å². The average Bonchev–Trinajstić information content (AvgIpc) is 2.75. The first kappa shape index (κ1) is 23.4. The molecule has 2 saturated carbocycles. The Labute approximate surface area is 182 Å². The molecule has 1 nitrogen and oxygen atoms in total. The highest BCUT2D eigenvalue weighted by atomic mass is 19.3. The predicted molar refractivity (Wildman–Crippen MR) is 115 cm³/mol. The third-order valence-corrected chi connectivity index (χ3v) is 6.55. The number of rotatable bonds is 5. The molecule has 2 fully saturated rings. The number of ether oxygens (including phenoxy) is 1. The molecule has 0 N–H and O–H groups in total. The Balaban J connectivity index is 1.52. The summed E-state index contributed by atoms with van der Waals surface area (Å²) in [4.78, 5) is 0. The molecule has 0 bridgehead atoms.